The van der Waals surface area contributed by atoms with Crippen LogP contribution in [0.1, 0.15) is 31.8 Å². The minimum absolute atomic E-state index is 0.102. The normalized spacial score (nSPS) is 10.6. The van der Waals surface area contributed by atoms with Crippen LogP contribution in [0.3, 0.4) is 0 Å². The lowest BCUT2D eigenvalue weighted by atomic mass is 10.1. The molecule has 0 aliphatic carbocycles. The predicted molar refractivity (Wildman–Crippen MR) is 107 cm³/mol. The Kier molecular flexibility index (Phi) is 5.91. The van der Waals surface area contributed by atoms with E-state index in [0.29, 0.717) is 0 Å². The molecule has 2 amide bonds. The molecule has 0 spiro atoms. The number of nitrogens with one attached hydrogen (secondary N) is 2. The molecule has 0 bridgehead atoms. The maximum Gasteiger partial charge on any atom is 0.273 e. The number of hydrogen-bond acceptors (Lipinski definition) is 3. The number of carbonyl (C=O) groups is 2. The second-order valence-corrected chi connectivity index (χ2v) is 6.09. The largest absolute Gasteiger partial charge is 0.321 e. The van der Waals surface area contributed by atoms with Crippen LogP contribution in [-0.4, -0.2) is 18.0 Å². The SMILES string of the molecule is Cc1ccc(C=NNC(=O)c2ccccc2NC(=O)c2ccccc2F)cc1. The molecule has 0 aliphatic heterocycles. The minimum atomic E-state index is -0.637. The molecule has 0 heterocycles. The first-order chi connectivity index (χ1) is 13.5. The van der Waals surface area contributed by atoms with Gasteiger partial charge in [-0.05, 0) is 36.8 Å². The lowest BCUT2D eigenvalue weighted by Crippen LogP contribution is -2.21. The highest BCUT2D eigenvalue weighted by molar-refractivity contribution is 6.09. The third-order valence-corrected chi connectivity index (χ3v) is 4.00. The molecule has 0 atom stereocenters. The highest BCUT2D eigenvalue weighted by Crippen LogP contribution is 2.17. The van der Waals surface area contributed by atoms with Crippen molar-refractivity contribution < 1.29 is 14.0 Å². The van der Waals surface area contributed by atoms with Crippen molar-refractivity contribution in [1.29, 1.82) is 0 Å². The highest BCUT2D eigenvalue weighted by atomic mass is 19.1. The van der Waals surface area contributed by atoms with Crippen molar-refractivity contribution >= 4 is 23.7 Å². The summed E-state index contributed by atoms with van der Waals surface area (Å²) in [5, 5.41) is 6.51. The zero-order valence-corrected chi connectivity index (χ0v) is 15.1. The number of halogens is 1. The maximum atomic E-state index is 13.8. The molecule has 3 rings (SSSR count). The summed E-state index contributed by atoms with van der Waals surface area (Å²) in [5.74, 6) is -1.76. The molecule has 0 aromatic heterocycles. The van der Waals surface area contributed by atoms with Gasteiger partial charge >= 0.3 is 0 Å². The van der Waals surface area contributed by atoms with E-state index in [2.05, 4.69) is 15.8 Å². The van der Waals surface area contributed by atoms with Crippen LogP contribution < -0.4 is 10.7 Å². The molecule has 0 saturated heterocycles. The topological polar surface area (TPSA) is 70.6 Å². The molecule has 3 aromatic rings. The van der Waals surface area contributed by atoms with Crippen molar-refractivity contribution in [3.63, 3.8) is 0 Å². The number of aryl methyl sites for hydroxylation is 1. The van der Waals surface area contributed by atoms with E-state index in [9.17, 15) is 14.0 Å². The Morgan fingerprint density at radius 3 is 2.21 bits per heavy atom. The van der Waals surface area contributed by atoms with E-state index in [0.717, 1.165) is 11.1 Å². The number of hydrazone groups is 1. The number of amides is 2. The molecule has 3 aromatic carbocycles. The second-order valence-electron chi connectivity index (χ2n) is 6.09. The Labute approximate surface area is 161 Å². The van der Waals surface area contributed by atoms with Gasteiger partial charge in [-0.2, -0.15) is 5.10 Å². The Morgan fingerprint density at radius 2 is 1.50 bits per heavy atom. The molecule has 0 aliphatic rings. The molecule has 28 heavy (non-hydrogen) atoms. The van der Waals surface area contributed by atoms with Gasteiger partial charge in [0, 0.05) is 0 Å². The number of hydrogen-bond donors (Lipinski definition) is 2. The van der Waals surface area contributed by atoms with Crippen molar-refractivity contribution in [2.75, 3.05) is 5.32 Å². The number of carbonyl (C=O) groups excluding carboxylic acids is 2. The van der Waals surface area contributed by atoms with Crippen LogP contribution >= 0.6 is 0 Å². The van der Waals surface area contributed by atoms with E-state index in [1.54, 1.807) is 30.3 Å². The fraction of sp³-hybridized carbons (Fsp3) is 0.0455. The maximum absolute atomic E-state index is 13.8. The molecule has 0 unspecified atom stereocenters. The number of nitrogens with zero attached hydrogens (tertiary/aromatic N) is 1. The van der Waals surface area contributed by atoms with Crippen molar-refractivity contribution in [3.8, 4) is 0 Å². The van der Waals surface area contributed by atoms with Gasteiger partial charge in [0.2, 0.25) is 0 Å². The lowest BCUT2D eigenvalue weighted by molar-refractivity contribution is 0.0956. The van der Waals surface area contributed by atoms with Gasteiger partial charge < -0.3 is 5.32 Å². The van der Waals surface area contributed by atoms with E-state index in [1.807, 2.05) is 31.2 Å². The quantitative estimate of drug-likeness (QED) is 0.519. The Balaban J connectivity index is 1.72. The van der Waals surface area contributed by atoms with Gasteiger partial charge in [0.25, 0.3) is 11.8 Å². The van der Waals surface area contributed by atoms with E-state index >= 15 is 0 Å². The van der Waals surface area contributed by atoms with Gasteiger partial charge in [0.15, 0.2) is 0 Å². The zero-order chi connectivity index (χ0) is 19.9. The van der Waals surface area contributed by atoms with Crippen LogP contribution in [0, 0.1) is 12.7 Å². The smallest absolute Gasteiger partial charge is 0.273 e. The van der Waals surface area contributed by atoms with E-state index in [4.69, 9.17) is 0 Å². The van der Waals surface area contributed by atoms with Crippen LogP contribution in [0.15, 0.2) is 77.9 Å². The van der Waals surface area contributed by atoms with Gasteiger partial charge in [0.1, 0.15) is 5.82 Å². The molecular formula is C22H18FN3O2. The number of para-hydroxylation sites is 1. The first-order valence-corrected chi connectivity index (χ1v) is 8.59. The van der Waals surface area contributed by atoms with Crippen molar-refractivity contribution in [2.24, 2.45) is 5.10 Å². The van der Waals surface area contributed by atoms with Crippen LogP contribution in [-0.2, 0) is 0 Å². The summed E-state index contributed by atoms with van der Waals surface area (Å²) < 4.78 is 13.8. The summed E-state index contributed by atoms with van der Waals surface area (Å²) in [6.45, 7) is 1.98. The highest BCUT2D eigenvalue weighted by Gasteiger charge is 2.15. The number of benzene rings is 3. The van der Waals surface area contributed by atoms with E-state index < -0.39 is 17.6 Å². The first kappa shape index (κ1) is 19.0. The fourth-order valence-corrected chi connectivity index (χ4v) is 2.50. The van der Waals surface area contributed by atoms with Crippen molar-refractivity contribution in [3.05, 3.63) is 101 Å². The van der Waals surface area contributed by atoms with Crippen LogP contribution in [0.4, 0.5) is 10.1 Å². The molecule has 0 radical (unpaired) electrons. The zero-order valence-electron chi connectivity index (χ0n) is 15.1. The monoisotopic (exact) mass is 375 g/mol. The Morgan fingerprint density at radius 1 is 0.857 bits per heavy atom. The second kappa shape index (κ2) is 8.73. The van der Waals surface area contributed by atoms with E-state index in [-0.39, 0.29) is 16.8 Å². The summed E-state index contributed by atoms with van der Waals surface area (Å²) in [4.78, 5) is 24.8. The van der Waals surface area contributed by atoms with Gasteiger partial charge in [0.05, 0.1) is 23.0 Å². The molecule has 0 saturated carbocycles. The fourth-order valence-electron chi connectivity index (χ4n) is 2.50. The average Bonchev–Trinajstić information content (AvgIpc) is 2.70. The first-order valence-electron chi connectivity index (χ1n) is 8.59. The standard InChI is InChI=1S/C22H18FN3O2/c1-15-10-12-16(13-11-15)14-24-26-22(28)18-7-3-5-9-20(18)25-21(27)17-6-2-4-8-19(17)23/h2-14H,1H3,(H,25,27)(H,26,28). The lowest BCUT2D eigenvalue weighted by Gasteiger charge is -2.10. The molecule has 0 fully saturated rings. The summed E-state index contributed by atoms with van der Waals surface area (Å²) >= 11 is 0. The molecule has 5 nitrogen and oxygen atoms in total. The molecule has 6 heteroatoms. The summed E-state index contributed by atoms with van der Waals surface area (Å²) in [6, 6.07) is 19.7. The van der Waals surface area contributed by atoms with E-state index in [1.165, 1.54) is 24.4 Å². The molecule has 140 valence electrons. The number of anilines is 1. The predicted octanol–water partition coefficient (Wildman–Crippen LogP) is 4.15. The number of rotatable bonds is 5. The van der Waals surface area contributed by atoms with Crippen LogP contribution in [0.25, 0.3) is 0 Å². The molecule has 2 N–H and O–H groups in total. The summed E-state index contributed by atoms with van der Waals surface area (Å²) in [7, 11) is 0. The molecular weight excluding hydrogens is 357 g/mol. The Bertz CT molecular complexity index is 1030. The van der Waals surface area contributed by atoms with Gasteiger partial charge in [-0.25, -0.2) is 9.82 Å². The van der Waals surface area contributed by atoms with Crippen LogP contribution in [0.2, 0.25) is 0 Å². The van der Waals surface area contributed by atoms with Crippen molar-refractivity contribution in [1.82, 2.24) is 5.43 Å². The van der Waals surface area contributed by atoms with Crippen molar-refractivity contribution in [2.45, 2.75) is 6.92 Å². The van der Waals surface area contributed by atoms with Crippen LogP contribution in [0.5, 0.6) is 0 Å². The Hall–Kier alpha value is -3.80. The third kappa shape index (κ3) is 4.67. The third-order valence-electron chi connectivity index (χ3n) is 4.00. The van der Waals surface area contributed by atoms with Gasteiger partial charge in [-0.15, -0.1) is 0 Å². The van der Waals surface area contributed by atoms with Gasteiger partial charge in [-0.3, -0.25) is 9.59 Å². The summed E-state index contributed by atoms with van der Waals surface area (Å²) in [6.07, 6.45) is 1.53. The average molecular weight is 375 g/mol. The summed E-state index contributed by atoms with van der Waals surface area (Å²) in [5.41, 5.74) is 4.77. The van der Waals surface area contributed by atoms with Gasteiger partial charge in [-0.1, -0.05) is 54.1 Å². The minimum Gasteiger partial charge on any atom is -0.321 e.